The maximum Gasteiger partial charge on any atom is 0.275 e. The number of aromatic nitrogens is 1. The fourth-order valence-corrected chi connectivity index (χ4v) is 3.79. The lowest BCUT2D eigenvalue weighted by Crippen LogP contribution is -2.36. The number of nitrogens with one attached hydrogen (secondary N) is 2. The number of hydroxylamine groups is 1. The number of H-pyrrole nitrogens is 1. The van der Waals surface area contributed by atoms with Gasteiger partial charge in [0.05, 0.1) is 17.4 Å². The minimum Gasteiger partial charge on any atom is -0.388 e. The van der Waals surface area contributed by atoms with Gasteiger partial charge in [0.1, 0.15) is 5.82 Å². The zero-order valence-corrected chi connectivity index (χ0v) is 15.8. The lowest BCUT2D eigenvalue weighted by molar-refractivity contribution is -0.174. The molecule has 1 aromatic heterocycles. The third-order valence-corrected chi connectivity index (χ3v) is 5.20. The minimum absolute atomic E-state index is 0.185. The van der Waals surface area contributed by atoms with Crippen molar-refractivity contribution in [2.45, 2.75) is 24.6 Å². The Kier molecular flexibility index (Phi) is 4.91. The number of benzene rings is 2. The van der Waals surface area contributed by atoms with Crippen LogP contribution in [0.3, 0.4) is 0 Å². The van der Waals surface area contributed by atoms with E-state index in [1.165, 1.54) is 20.0 Å². The normalized spacial score (nSPS) is 19.8. The number of hydrogen-bond donors (Lipinski definition) is 5. The van der Waals surface area contributed by atoms with Gasteiger partial charge >= 0.3 is 0 Å². The minimum atomic E-state index is -1.84. The van der Waals surface area contributed by atoms with Crippen LogP contribution >= 0.6 is 0 Å². The highest BCUT2D eigenvalue weighted by Gasteiger charge is 2.37. The molecular weight excluding hydrogens is 376 g/mol. The van der Waals surface area contributed by atoms with E-state index in [-0.39, 0.29) is 5.56 Å². The Labute approximate surface area is 167 Å². The van der Waals surface area contributed by atoms with E-state index in [0.29, 0.717) is 52.7 Å². The number of hydrogen-bond acceptors (Lipinski definition) is 5. The molecule has 3 aromatic rings. The number of aromatic amines is 1. The number of rotatable bonds is 5. The van der Waals surface area contributed by atoms with Crippen molar-refractivity contribution in [2.24, 2.45) is 5.73 Å². The smallest absolute Gasteiger partial charge is 0.275 e. The Morgan fingerprint density at radius 1 is 1.31 bits per heavy atom. The van der Waals surface area contributed by atoms with Gasteiger partial charge in [0.25, 0.3) is 5.91 Å². The van der Waals surface area contributed by atoms with Gasteiger partial charge in [0.15, 0.2) is 13.5 Å². The Morgan fingerprint density at radius 3 is 2.83 bits per heavy atom. The van der Waals surface area contributed by atoms with Crippen molar-refractivity contribution in [3.8, 4) is 11.3 Å². The summed E-state index contributed by atoms with van der Waals surface area (Å²) in [5.41, 5.74) is 8.20. The third-order valence-electron chi connectivity index (χ3n) is 5.20. The van der Waals surface area contributed by atoms with Gasteiger partial charge in [-0.25, -0.2) is 14.7 Å². The summed E-state index contributed by atoms with van der Waals surface area (Å²) in [6, 6.07) is 9.56. The highest BCUT2D eigenvalue weighted by Crippen LogP contribution is 2.40. The first kappa shape index (κ1) is 19.6. The zero-order chi connectivity index (χ0) is 20.8. The molecule has 0 aliphatic carbocycles. The summed E-state index contributed by atoms with van der Waals surface area (Å²) in [6.07, 6.45) is -0.000414. The molecule has 2 aromatic carbocycles. The number of aliphatic hydroxyl groups excluding tert-OH is 1. The molecule has 150 valence electrons. The van der Waals surface area contributed by atoms with Gasteiger partial charge in [-0.05, 0) is 37.6 Å². The maximum atomic E-state index is 14.8. The summed E-state index contributed by atoms with van der Waals surface area (Å²) >= 11 is 0. The summed E-state index contributed by atoms with van der Waals surface area (Å²) in [5, 5.41) is 21.6. The zero-order valence-electron chi connectivity index (χ0n) is 15.8. The molecule has 2 heterocycles. The topological polar surface area (TPSA) is 121 Å². The van der Waals surface area contributed by atoms with Crippen molar-refractivity contribution in [2.75, 3.05) is 6.54 Å². The van der Waals surface area contributed by atoms with Crippen LogP contribution in [0, 0.1) is 5.82 Å². The van der Waals surface area contributed by atoms with E-state index in [9.17, 15) is 19.4 Å². The molecule has 6 N–H and O–H groups in total. The predicted molar refractivity (Wildman–Crippen MR) is 108 cm³/mol. The molecular formula is C20H21BFN3O4. The second-order valence-electron chi connectivity index (χ2n) is 7.30. The van der Waals surface area contributed by atoms with Crippen LogP contribution in [0.5, 0.6) is 0 Å². The van der Waals surface area contributed by atoms with Gasteiger partial charge in [-0.3, -0.25) is 4.79 Å². The Bertz CT molecular complexity index is 1100. The van der Waals surface area contributed by atoms with Crippen LogP contribution in [0.2, 0.25) is 0 Å². The largest absolute Gasteiger partial charge is 0.388 e. The van der Waals surface area contributed by atoms with Crippen molar-refractivity contribution >= 4 is 24.7 Å². The fourth-order valence-electron chi connectivity index (χ4n) is 3.79. The van der Waals surface area contributed by atoms with E-state index in [4.69, 9.17) is 10.6 Å². The standard InChI is InChI=1S/C20H21BFN3O4/c21-20(28)17-16-12(19(27)25-29-20)3-1-4-14(16)24-18(17)10-6-7-11(13(22)9-10)15(26)5-2-8-23/h1,3-4,6-7,9,15,24,26,28H,2,5,8,21,23H2,(H,25,27). The van der Waals surface area contributed by atoms with Gasteiger partial charge in [-0.15, -0.1) is 0 Å². The summed E-state index contributed by atoms with van der Waals surface area (Å²) < 4.78 is 14.8. The number of carbonyl (C=O) groups excluding carboxylic acids is 1. The molecule has 29 heavy (non-hydrogen) atoms. The van der Waals surface area contributed by atoms with Gasteiger partial charge in [-0.2, -0.15) is 0 Å². The Hall–Kier alpha value is -2.72. The van der Waals surface area contributed by atoms with E-state index in [0.717, 1.165) is 0 Å². The molecule has 1 aliphatic heterocycles. The molecule has 0 spiro atoms. The van der Waals surface area contributed by atoms with Crippen LogP contribution in [0.1, 0.15) is 40.4 Å². The van der Waals surface area contributed by atoms with E-state index < -0.39 is 23.5 Å². The average molecular weight is 397 g/mol. The molecule has 1 amide bonds. The van der Waals surface area contributed by atoms with Gasteiger partial charge in [-0.1, -0.05) is 18.2 Å². The fraction of sp³-hybridized carbons (Fsp3) is 0.250. The van der Waals surface area contributed by atoms with E-state index in [1.807, 2.05) is 0 Å². The Balaban J connectivity index is 1.87. The van der Waals surface area contributed by atoms with Crippen LogP contribution < -0.4 is 11.2 Å². The van der Waals surface area contributed by atoms with Gasteiger partial charge < -0.3 is 20.9 Å². The number of amides is 1. The highest BCUT2D eigenvalue weighted by atomic mass is 19.1. The third kappa shape index (κ3) is 3.32. The van der Waals surface area contributed by atoms with Gasteiger partial charge in [0, 0.05) is 27.6 Å². The molecule has 7 nitrogen and oxygen atoms in total. The van der Waals surface area contributed by atoms with E-state index in [2.05, 4.69) is 10.5 Å². The molecule has 0 fully saturated rings. The lowest BCUT2D eigenvalue weighted by Gasteiger charge is -2.23. The predicted octanol–water partition coefficient (Wildman–Crippen LogP) is 1.16. The van der Waals surface area contributed by atoms with Crippen LogP contribution in [-0.2, 0) is 10.5 Å². The molecule has 9 heteroatoms. The SMILES string of the molecule is BC1(O)ONC(=O)c2cccc3[nH]c(-c4ccc(C(O)CCCN)c(F)c4)c1c23. The van der Waals surface area contributed by atoms with E-state index >= 15 is 0 Å². The second kappa shape index (κ2) is 7.27. The summed E-state index contributed by atoms with van der Waals surface area (Å²) in [7, 11) is 1.41. The highest BCUT2D eigenvalue weighted by molar-refractivity contribution is 6.19. The summed E-state index contributed by atoms with van der Waals surface area (Å²) in [5.74, 6) is -1.05. The number of nitrogens with two attached hydrogens (primary N) is 1. The van der Waals surface area contributed by atoms with Crippen LogP contribution in [0.15, 0.2) is 36.4 Å². The number of halogens is 1. The Morgan fingerprint density at radius 2 is 2.10 bits per heavy atom. The molecule has 0 radical (unpaired) electrons. The first-order chi connectivity index (χ1) is 13.8. The van der Waals surface area contributed by atoms with Crippen molar-refractivity contribution in [1.82, 2.24) is 10.5 Å². The molecule has 2 atom stereocenters. The van der Waals surface area contributed by atoms with Crippen molar-refractivity contribution in [3.63, 3.8) is 0 Å². The van der Waals surface area contributed by atoms with Crippen LogP contribution in [0.25, 0.3) is 22.2 Å². The van der Waals surface area contributed by atoms with Crippen molar-refractivity contribution in [3.05, 3.63) is 58.9 Å². The maximum absolute atomic E-state index is 14.8. The van der Waals surface area contributed by atoms with Crippen molar-refractivity contribution < 1.29 is 24.2 Å². The van der Waals surface area contributed by atoms with Gasteiger partial charge in [0.2, 0.25) is 0 Å². The van der Waals surface area contributed by atoms with E-state index in [1.54, 1.807) is 24.3 Å². The molecule has 0 saturated heterocycles. The van der Waals surface area contributed by atoms with Crippen LogP contribution in [0.4, 0.5) is 4.39 Å². The first-order valence-corrected chi connectivity index (χ1v) is 9.37. The summed E-state index contributed by atoms with van der Waals surface area (Å²) in [6.45, 7) is 0.416. The molecule has 1 aliphatic rings. The molecule has 0 bridgehead atoms. The monoisotopic (exact) mass is 397 g/mol. The summed E-state index contributed by atoms with van der Waals surface area (Å²) in [4.78, 5) is 20.7. The van der Waals surface area contributed by atoms with Crippen molar-refractivity contribution in [1.29, 1.82) is 0 Å². The number of carbonyl (C=O) groups is 1. The molecule has 4 rings (SSSR count). The lowest BCUT2D eigenvalue weighted by atomic mass is 9.83. The average Bonchev–Trinajstić information content (AvgIpc) is 3.06. The number of aliphatic hydroxyl groups is 2. The van der Waals surface area contributed by atoms with Crippen LogP contribution in [-0.4, -0.2) is 35.5 Å². The molecule has 2 unspecified atom stereocenters. The molecule has 0 saturated carbocycles. The quantitative estimate of drug-likeness (QED) is 0.414. The second-order valence-corrected chi connectivity index (χ2v) is 7.30. The first-order valence-electron chi connectivity index (χ1n) is 9.37.